The standard InChI is InChI=1S/C21H26N4O4/c1-4-25(5-2)16-12-11-15(18(26)13-16)14-22-24-21(28)20(27)23-17-9-7-8-10-19(17)29-6-3/h7-14,26H,4-6H2,1-3H3,(H,23,27)(H,24,28)/b22-14+. The van der Waals surface area contributed by atoms with Gasteiger partial charge < -0.3 is 20.1 Å². The van der Waals surface area contributed by atoms with E-state index in [1.54, 1.807) is 36.4 Å². The zero-order valence-corrected chi connectivity index (χ0v) is 16.8. The molecule has 0 atom stereocenters. The monoisotopic (exact) mass is 398 g/mol. The van der Waals surface area contributed by atoms with Crippen molar-refractivity contribution in [3.05, 3.63) is 48.0 Å². The second-order valence-electron chi connectivity index (χ2n) is 6.00. The van der Waals surface area contributed by atoms with Crippen molar-refractivity contribution in [1.29, 1.82) is 0 Å². The van der Waals surface area contributed by atoms with Crippen molar-refractivity contribution in [2.45, 2.75) is 20.8 Å². The molecule has 0 aliphatic rings. The van der Waals surface area contributed by atoms with Gasteiger partial charge in [0.05, 0.1) is 18.5 Å². The average molecular weight is 398 g/mol. The van der Waals surface area contributed by atoms with E-state index in [0.29, 0.717) is 23.6 Å². The number of nitrogens with zero attached hydrogens (tertiary/aromatic N) is 2. The summed E-state index contributed by atoms with van der Waals surface area (Å²) in [6, 6.07) is 12.0. The van der Waals surface area contributed by atoms with Crippen LogP contribution in [0.3, 0.4) is 0 Å². The number of amides is 2. The normalized spacial score (nSPS) is 10.6. The van der Waals surface area contributed by atoms with E-state index in [4.69, 9.17) is 4.74 Å². The SMILES string of the molecule is CCOc1ccccc1NC(=O)C(=O)N/N=C/c1ccc(N(CC)CC)cc1O. The molecule has 0 radical (unpaired) electrons. The molecule has 0 fully saturated rings. The third-order valence-electron chi connectivity index (χ3n) is 4.15. The van der Waals surface area contributed by atoms with Gasteiger partial charge in [0.1, 0.15) is 11.5 Å². The van der Waals surface area contributed by atoms with Crippen LogP contribution in [0.4, 0.5) is 11.4 Å². The lowest BCUT2D eigenvalue weighted by atomic mass is 10.2. The Morgan fingerprint density at radius 2 is 1.83 bits per heavy atom. The average Bonchev–Trinajstić information content (AvgIpc) is 2.72. The third kappa shape index (κ3) is 5.97. The Kier molecular flexibility index (Phi) is 8.02. The van der Waals surface area contributed by atoms with Gasteiger partial charge in [-0.15, -0.1) is 0 Å². The molecular formula is C21H26N4O4. The van der Waals surface area contributed by atoms with Gasteiger partial charge in [0.15, 0.2) is 0 Å². The molecular weight excluding hydrogens is 372 g/mol. The van der Waals surface area contributed by atoms with E-state index >= 15 is 0 Å². The summed E-state index contributed by atoms with van der Waals surface area (Å²) >= 11 is 0. The fourth-order valence-corrected chi connectivity index (χ4v) is 2.67. The quantitative estimate of drug-likeness (QED) is 0.360. The molecule has 2 rings (SSSR count). The molecule has 0 aliphatic heterocycles. The lowest BCUT2D eigenvalue weighted by Crippen LogP contribution is -2.32. The van der Waals surface area contributed by atoms with E-state index in [2.05, 4.69) is 20.7 Å². The van der Waals surface area contributed by atoms with Gasteiger partial charge in [-0.1, -0.05) is 12.1 Å². The highest BCUT2D eigenvalue weighted by Crippen LogP contribution is 2.24. The first-order chi connectivity index (χ1) is 14.0. The number of carbonyl (C=O) groups excluding carboxylic acids is 2. The smallest absolute Gasteiger partial charge is 0.329 e. The molecule has 2 aromatic rings. The van der Waals surface area contributed by atoms with Crippen LogP contribution >= 0.6 is 0 Å². The van der Waals surface area contributed by atoms with Gasteiger partial charge >= 0.3 is 11.8 Å². The molecule has 8 heteroatoms. The minimum absolute atomic E-state index is 0.0301. The van der Waals surface area contributed by atoms with Gasteiger partial charge in [0.25, 0.3) is 0 Å². The maximum atomic E-state index is 12.1. The number of benzene rings is 2. The lowest BCUT2D eigenvalue weighted by Gasteiger charge is -2.21. The van der Waals surface area contributed by atoms with E-state index in [9.17, 15) is 14.7 Å². The van der Waals surface area contributed by atoms with Crippen LogP contribution in [-0.2, 0) is 9.59 Å². The van der Waals surface area contributed by atoms with Crippen LogP contribution in [0.2, 0.25) is 0 Å². The van der Waals surface area contributed by atoms with Gasteiger partial charge in [-0.05, 0) is 45.0 Å². The van der Waals surface area contributed by atoms with Gasteiger partial charge in [-0.2, -0.15) is 5.10 Å². The molecule has 2 aromatic carbocycles. The molecule has 154 valence electrons. The second-order valence-corrected chi connectivity index (χ2v) is 6.00. The molecule has 8 nitrogen and oxygen atoms in total. The highest BCUT2D eigenvalue weighted by atomic mass is 16.5. The van der Waals surface area contributed by atoms with Crippen molar-refractivity contribution >= 4 is 29.4 Å². The Morgan fingerprint density at radius 1 is 1.10 bits per heavy atom. The Hall–Kier alpha value is -3.55. The summed E-state index contributed by atoms with van der Waals surface area (Å²) in [6.07, 6.45) is 1.28. The number of ether oxygens (including phenoxy) is 1. The van der Waals surface area contributed by atoms with Crippen LogP contribution in [0.1, 0.15) is 26.3 Å². The van der Waals surface area contributed by atoms with Crippen molar-refractivity contribution in [2.24, 2.45) is 5.10 Å². The number of hydrazone groups is 1. The number of phenolic OH excluding ortho intramolecular Hbond substituents is 1. The molecule has 29 heavy (non-hydrogen) atoms. The summed E-state index contributed by atoms with van der Waals surface area (Å²) in [4.78, 5) is 26.1. The molecule has 0 aromatic heterocycles. The largest absolute Gasteiger partial charge is 0.507 e. The number of rotatable bonds is 8. The molecule has 0 bridgehead atoms. The van der Waals surface area contributed by atoms with Gasteiger partial charge in [0.2, 0.25) is 0 Å². The highest BCUT2D eigenvalue weighted by molar-refractivity contribution is 6.39. The Labute approximate surface area is 170 Å². The number of carbonyl (C=O) groups is 2. The summed E-state index contributed by atoms with van der Waals surface area (Å²) in [7, 11) is 0. The first kappa shape index (κ1) is 21.7. The maximum absolute atomic E-state index is 12.1. The topological polar surface area (TPSA) is 103 Å². The van der Waals surface area contributed by atoms with E-state index in [-0.39, 0.29) is 5.75 Å². The number of anilines is 2. The molecule has 0 heterocycles. The number of hydrogen-bond donors (Lipinski definition) is 3. The number of para-hydroxylation sites is 2. The number of aromatic hydroxyl groups is 1. The zero-order valence-electron chi connectivity index (χ0n) is 16.8. The van der Waals surface area contributed by atoms with Crippen LogP contribution in [0.25, 0.3) is 0 Å². The van der Waals surface area contributed by atoms with Gasteiger partial charge in [-0.25, -0.2) is 5.43 Å². The Balaban J connectivity index is 1.98. The van der Waals surface area contributed by atoms with Crippen molar-refractivity contribution in [2.75, 3.05) is 29.9 Å². The van der Waals surface area contributed by atoms with Crippen LogP contribution in [0.15, 0.2) is 47.6 Å². The van der Waals surface area contributed by atoms with Crippen LogP contribution in [0, 0.1) is 0 Å². The van der Waals surface area contributed by atoms with Crippen molar-refractivity contribution in [3.8, 4) is 11.5 Å². The first-order valence-corrected chi connectivity index (χ1v) is 9.44. The summed E-state index contributed by atoms with van der Waals surface area (Å²) in [5.74, 6) is -1.32. The molecule has 0 saturated carbocycles. The van der Waals surface area contributed by atoms with Crippen LogP contribution in [0.5, 0.6) is 11.5 Å². The van der Waals surface area contributed by atoms with Gasteiger partial charge in [-0.3, -0.25) is 9.59 Å². The summed E-state index contributed by atoms with van der Waals surface area (Å²) < 4.78 is 5.41. The summed E-state index contributed by atoms with van der Waals surface area (Å²) in [6.45, 7) is 7.96. The van der Waals surface area contributed by atoms with E-state index in [1.807, 2.05) is 26.8 Å². The number of hydrogen-bond acceptors (Lipinski definition) is 6. The molecule has 0 aliphatic carbocycles. The van der Waals surface area contributed by atoms with E-state index < -0.39 is 11.8 Å². The van der Waals surface area contributed by atoms with E-state index in [0.717, 1.165) is 18.8 Å². The molecule has 3 N–H and O–H groups in total. The highest BCUT2D eigenvalue weighted by Gasteiger charge is 2.15. The van der Waals surface area contributed by atoms with Gasteiger partial charge in [0, 0.05) is 30.4 Å². The van der Waals surface area contributed by atoms with Crippen LogP contribution < -0.4 is 20.4 Å². The predicted octanol–water partition coefficient (Wildman–Crippen LogP) is 2.73. The Bertz CT molecular complexity index is 879. The predicted molar refractivity (Wildman–Crippen MR) is 114 cm³/mol. The second kappa shape index (κ2) is 10.7. The number of phenols is 1. The van der Waals surface area contributed by atoms with Crippen molar-refractivity contribution in [1.82, 2.24) is 5.43 Å². The third-order valence-corrected chi connectivity index (χ3v) is 4.15. The first-order valence-electron chi connectivity index (χ1n) is 9.44. The summed E-state index contributed by atoms with van der Waals surface area (Å²) in [5.41, 5.74) is 3.85. The minimum atomic E-state index is -0.938. The maximum Gasteiger partial charge on any atom is 0.329 e. The number of nitrogens with one attached hydrogen (secondary N) is 2. The fraction of sp³-hybridized carbons (Fsp3) is 0.286. The van der Waals surface area contributed by atoms with Crippen molar-refractivity contribution in [3.63, 3.8) is 0 Å². The van der Waals surface area contributed by atoms with Crippen LogP contribution in [-0.4, -0.2) is 42.8 Å². The fourth-order valence-electron chi connectivity index (χ4n) is 2.67. The molecule has 2 amide bonds. The minimum Gasteiger partial charge on any atom is -0.507 e. The zero-order chi connectivity index (χ0) is 21.2. The lowest BCUT2D eigenvalue weighted by molar-refractivity contribution is -0.136. The van der Waals surface area contributed by atoms with E-state index in [1.165, 1.54) is 6.21 Å². The Morgan fingerprint density at radius 3 is 2.48 bits per heavy atom. The molecule has 0 unspecified atom stereocenters. The van der Waals surface area contributed by atoms with Crippen molar-refractivity contribution < 1.29 is 19.4 Å². The molecule has 0 spiro atoms. The molecule has 0 saturated heterocycles. The summed E-state index contributed by atoms with van der Waals surface area (Å²) in [5, 5.41) is 16.4.